The first-order valence-electron chi connectivity index (χ1n) is 6.05. The van der Waals surface area contributed by atoms with Crippen molar-refractivity contribution in [2.45, 2.75) is 11.3 Å². The quantitative estimate of drug-likeness (QED) is 0.790. The lowest BCUT2D eigenvalue weighted by Gasteiger charge is -2.10. The maximum Gasteiger partial charge on any atom is 0.261 e. The van der Waals surface area contributed by atoms with Gasteiger partial charge in [0.1, 0.15) is 0 Å². The Morgan fingerprint density at radius 1 is 1.00 bits per heavy atom. The summed E-state index contributed by atoms with van der Waals surface area (Å²) in [7, 11) is -3.71. The Bertz CT molecular complexity index is 730. The zero-order valence-electron chi connectivity index (χ0n) is 10.8. The summed E-state index contributed by atoms with van der Waals surface area (Å²) in [6.45, 7) is 0. The van der Waals surface area contributed by atoms with Gasteiger partial charge in [-0.2, -0.15) is 0 Å². The van der Waals surface area contributed by atoms with Crippen LogP contribution < -0.4 is 4.72 Å². The van der Waals surface area contributed by atoms with Crippen LogP contribution in [0.1, 0.15) is 5.56 Å². The van der Waals surface area contributed by atoms with Crippen LogP contribution in [0.4, 0.5) is 5.69 Å². The highest BCUT2D eigenvalue weighted by Gasteiger charge is 2.15. The lowest BCUT2D eigenvalue weighted by molar-refractivity contribution is 0.601. The second-order valence-electron chi connectivity index (χ2n) is 4.31. The van der Waals surface area contributed by atoms with Gasteiger partial charge in [-0.1, -0.05) is 35.3 Å². The number of rotatable bonds is 5. The molecule has 0 saturated heterocycles. The molecule has 2 aromatic rings. The Morgan fingerprint density at radius 2 is 1.67 bits per heavy atom. The Labute approximate surface area is 138 Å². The van der Waals surface area contributed by atoms with E-state index >= 15 is 0 Å². The van der Waals surface area contributed by atoms with Crippen LogP contribution in [0.15, 0.2) is 47.4 Å². The number of benzene rings is 2. The molecular weight excluding hydrogens is 353 g/mol. The largest absolute Gasteiger partial charge is 0.278 e. The van der Waals surface area contributed by atoms with Gasteiger partial charge in [-0.15, -0.1) is 11.6 Å². The van der Waals surface area contributed by atoms with Gasteiger partial charge in [0.25, 0.3) is 10.0 Å². The smallest absolute Gasteiger partial charge is 0.261 e. The summed E-state index contributed by atoms with van der Waals surface area (Å²) in [5.74, 6) is 0.489. The van der Waals surface area contributed by atoms with Crippen molar-refractivity contribution in [1.82, 2.24) is 0 Å². The van der Waals surface area contributed by atoms with Crippen molar-refractivity contribution in [3.8, 4) is 0 Å². The van der Waals surface area contributed by atoms with Crippen LogP contribution in [0.2, 0.25) is 10.0 Å². The Balaban J connectivity index is 2.27. The zero-order chi connectivity index (χ0) is 15.5. The molecule has 0 amide bonds. The van der Waals surface area contributed by atoms with E-state index in [1.807, 2.05) is 0 Å². The first-order chi connectivity index (χ1) is 9.92. The number of aryl methyl sites for hydroxylation is 1. The molecule has 0 aliphatic rings. The van der Waals surface area contributed by atoms with Gasteiger partial charge in [0, 0.05) is 10.9 Å². The molecule has 0 spiro atoms. The number of hydrogen-bond acceptors (Lipinski definition) is 2. The standard InChI is InChI=1S/C14H12Cl3NO2S/c15-8-7-10-1-4-12(5-2-10)21(19,20)18-14-9-11(16)3-6-13(14)17/h1-6,9,18H,7-8H2. The van der Waals surface area contributed by atoms with Gasteiger partial charge in [-0.25, -0.2) is 8.42 Å². The summed E-state index contributed by atoms with van der Waals surface area (Å²) in [4.78, 5) is 0.150. The Hall–Kier alpha value is -0.940. The molecule has 0 radical (unpaired) electrons. The highest BCUT2D eigenvalue weighted by molar-refractivity contribution is 7.92. The predicted molar refractivity (Wildman–Crippen MR) is 88.1 cm³/mol. The summed E-state index contributed by atoms with van der Waals surface area (Å²) in [6, 6.07) is 11.1. The minimum Gasteiger partial charge on any atom is -0.278 e. The van der Waals surface area contributed by atoms with E-state index in [2.05, 4.69) is 4.72 Å². The predicted octanol–water partition coefficient (Wildman–Crippen LogP) is 4.58. The van der Waals surface area contributed by atoms with Gasteiger partial charge in [0.15, 0.2) is 0 Å². The lowest BCUT2D eigenvalue weighted by atomic mass is 10.2. The number of nitrogens with one attached hydrogen (secondary N) is 1. The molecule has 0 aromatic heterocycles. The summed E-state index contributed by atoms with van der Waals surface area (Å²) >= 11 is 17.4. The SMILES string of the molecule is O=S(=O)(Nc1cc(Cl)ccc1Cl)c1ccc(CCCl)cc1. The molecular formula is C14H12Cl3NO2S. The third-order valence-electron chi connectivity index (χ3n) is 2.79. The average molecular weight is 365 g/mol. The van der Waals surface area contributed by atoms with E-state index in [-0.39, 0.29) is 15.6 Å². The van der Waals surface area contributed by atoms with Crippen molar-refractivity contribution in [1.29, 1.82) is 0 Å². The van der Waals surface area contributed by atoms with Crippen molar-refractivity contribution < 1.29 is 8.42 Å². The summed E-state index contributed by atoms with van der Waals surface area (Å²) in [5, 5.41) is 0.677. The van der Waals surface area contributed by atoms with Crippen LogP contribution in [0.25, 0.3) is 0 Å². The molecule has 1 N–H and O–H groups in total. The fourth-order valence-electron chi connectivity index (χ4n) is 1.72. The zero-order valence-corrected chi connectivity index (χ0v) is 13.9. The fraction of sp³-hybridized carbons (Fsp3) is 0.143. The number of alkyl halides is 1. The van der Waals surface area contributed by atoms with Crippen molar-refractivity contribution in [3.05, 3.63) is 58.1 Å². The average Bonchev–Trinajstić information content (AvgIpc) is 2.44. The van der Waals surface area contributed by atoms with Crippen molar-refractivity contribution in [2.24, 2.45) is 0 Å². The molecule has 0 heterocycles. The van der Waals surface area contributed by atoms with Crippen LogP contribution >= 0.6 is 34.8 Å². The van der Waals surface area contributed by atoms with Crippen molar-refractivity contribution >= 4 is 50.5 Å². The van der Waals surface area contributed by atoms with E-state index in [0.29, 0.717) is 17.3 Å². The summed E-state index contributed by atoms with van der Waals surface area (Å²) < 4.78 is 27.0. The van der Waals surface area contributed by atoms with E-state index in [0.717, 1.165) is 5.56 Å². The van der Waals surface area contributed by atoms with Gasteiger partial charge in [0.05, 0.1) is 15.6 Å². The van der Waals surface area contributed by atoms with Crippen LogP contribution in [0, 0.1) is 0 Å². The maximum atomic E-state index is 12.3. The van der Waals surface area contributed by atoms with Crippen molar-refractivity contribution in [3.63, 3.8) is 0 Å². The third-order valence-corrected chi connectivity index (χ3v) is 4.92. The highest BCUT2D eigenvalue weighted by atomic mass is 35.5. The number of halogens is 3. The molecule has 2 rings (SSSR count). The molecule has 0 aliphatic heterocycles. The van der Waals surface area contributed by atoms with Crippen LogP contribution in [0.5, 0.6) is 0 Å². The van der Waals surface area contributed by atoms with E-state index in [1.54, 1.807) is 18.2 Å². The second kappa shape index (κ2) is 6.88. The maximum absolute atomic E-state index is 12.3. The fourth-order valence-corrected chi connectivity index (χ4v) is 3.41. The van der Waals surface area contributed by atoms with Gasteiger partial charge in [-0.05, 0) is 42.3 Å². The highest BCUT2D eigenvalue weighted by Crippen LogP contribution is 2.27. The summed E-state index contributed by atoms with van der Waals surface area (Å²) in [6.07, 6.45) is 0.690. The molecule has 112 valence electrons. The number of anilines is 1. The Morgan fingerprint density at radius 3 is 2.29 bits per heavy atom. The normalized spacial score (nSPS) is 11.4. The molecule has 21 heavy (non-hydrogen) atoms. The van der Waals surface area contributed by atoms with Gasteiger partial charge in [0.2, 0.25) is 0 Å². The molecule has 7 heteroatoms. The van der Waals surface area contributed by atoms with E-state index in [1.165, 1.54) is 24.3 Å². The van der Waals surface area contributed by atoms with Crippen LogP contribution in [-0.2, 0) is 16.4 Å². The minimum atomic E-state index is -3.71. The number of sulfonamides is 1. The van der Waals surface area contributed by atoms with Gasteiger partial charge >= 0.3 is 0 Å². The van der Waals surface area contributed by atoms with Crippen LogP contribution in [0.3, 0.4) is 0 Å². The lowest BCUT2D eigenvalue weighted by Crippen LogP contribution is -2.13. The van der Waals surface area contributed by atoms with Crippen molar-refractivity contribution in [2.75, 3.05) is 10.6 Å². The molecule has 0 unspecified atom stereocenters. The van der Waals surface area contributed by atoms with E-state index < -0.39 is 10.0 Å². The molecule has 0 aliphatic carbocycles. The topological polar surface area (TPSA) is 46.2 Å². The summed E-state index contributed by atoms with van der Waals surface area (Å²) in [5.41, 5.74) is 1.22. The Kier molecular flexibility index (Phi) is 5.38. The van der Waals surface area contributed by atoms with Crippen LogP contribution in [-0.4, -0.2) is 14.3 Å². The second-order valence-corrected chi connectivity index (χ2v) is 7.22. The van der Waals surface area contributed by atoms with Gasteiger partial charge < -0.3 is 0 Å². The first-order valence-corrected chi connectivity index (χ1v) is 8.82. The number of hydrogen-bond donors (Lipinski definition) is 1. The minimum absolute atomic E-state index is 0.150. The third kappa shape index (κ3) is 4.27. The molecule has 2 aromatic carbocycles. The molecule has 0 atom stereocenters. The monoisotopic (exact) mass is 363 g/mol. The molecule has 0 bridgehead atoms. The molecule has 3 nitrogen and oxygen atoms in total. The van der Waals surface area contributed by atoms with E-state index in [4.69, 9.17) is 34.8 Å². The van der Waals surface area contributed by atoms with E-state index in [9.17, 15) is 8.42 Å². The molecule has 0 fully saturated rings. The molecule has 0 saturated carbocycles. The van der Waals surface area contributed by atoms with Gasteiger partial charge in [-0.3, -0.25) is 4.72 Å². The first kappa shape index (κ1) is 16.4.